The normalized spacial score (nSPS) is 11.1. The summed E-state index contributed by atoms with van der Waals surface area (Å²) in [4.78, 5) is 60.9. The van der Waals surface area contributed by atoms with E-state index in [9.17, 15) is 34.2 Å². The summed E-state index contributed by atoms with van der Waals surface area (Å²) in [6.07, 6.45) is 0. The highest BCUT2D eigenvalue weighted by atomic mass is 16.4. The van der Waals surface area contributed by atoms with E-state index >= 15 is 0 Å². The first-order chi connectivity index (χ1) is 16.3. The number of hydrogen-bond acceptors (Lipinski definition) is 8. The van der Waals surface area contributed by atoms with Gasteiger partial charge in [-0.25, -0.2) is 0 Å². The zero-order valence-electron chi connectivity index (χ0n) is 19.8. The average Bonchev–Trinajstić information content (AvgIpc) is 2.70. The van der Waals surface area contributed by atoms with E-state index in [-0.39, 0.29) is 32.7 Å². The number of hydrogen-bond donors (Lipinski definition) is 5. The van der Waals surface area contributed by atoms with Crippen LogP contribution in [0.5, 0.6) is 0 Å². The molecule has 13 heteroatoms. The topological polar surface area (TPSA) is 188 Å². The van der Waals surface area contributed by atoms with Crippen LogP contribution in [0.3, 0.4) is 0 Å². The molecule has 0 heterocycles. The molecule has 0 unspecified atom stereocenters. The summed E-state index contributed by atoms with van der Waals surface area (Å²) in [6, 6.07) is 5.48. The number of aliphatic carboxylic acids is 4. The third-order valence-electron chi connectivity index (χ3n) is 4.92. The number of rotatable bonds is 17. The van der Waals surface area contributed by atoms with Gasteiger partial charge < -0.3 is 25.7 Å². The van der Waals surface area contributed by atoms with Crippen molar-refractivity contribution >= 4 is 35.5 Å². The number of nitrogens with one attached hydrogen (secondary N) is 1. The van der Waals surface area contributed by atoms with Crippen LogP contribution >= 0.6 is 0 Å². The monoisotopic (exact) mass is 496 g/mol. The van der Waals surface area contributed by atoms with Crippen LogP contribution in [0.25, 0.3) is 0 Å². The van der Waals surface area contributed by atoms with Gasteiger partial charge in [0.15, 0.2) is 0 Å². The minimum Gasteiger partial charge on any atom is -0.480 e. The Labute approximate surface area is 202 Å². The first-order valence-corrected chi connectivity index (χ1v) is 10.8. The average molecular weight is 497 g/mol. The Kier molecular flexibility index (Phi) is 12.3. The van der Waals surface area contributed by atoms with Gasteiger partial charge in [0.2, 0.25) is 5.91 Å². The third kappa shape index (κ3) is 13.1. The molecule has 0 radical (unpaired) electrons. The summed E-state index contributed by atoms with van der Waals surface area (Å²) in [7, 11) is 0. The largest absolute Gasteiger partial charge is 0.480 e. The first-order valence-electron chi connectivity index (χ1n) is 10.8. The summed E-state index contributed by atoms with van der Waals surface area (Å²) in [5, 5.41) is 39.0. The zero-order valence-corrected chi connectivity index (χ0v) is 19.8. The van der Waals surface area contributed by atoms with Crippen LogP contribution in [0.2, 0.25) is 0 Å². The predicted molar refractivity (Wildman–Crippen MR) is 124 cm³/mol. The number of amides is 1. The van der Waals surface area contributed by atoms with Gasteiger partial charge in [-0.05, 0) is 25.5 Å². The molecule has 5 N–H and O–H groups in total. The molecule has 13 nitrogen and oxygen atoms in total. The molecule has 0 aliphatic rings. The van der Waals surface area contributed by atoms with Crippen molar-refractivity contribution in [3.05, 3.63) is 29.3 Å². The van der Waals surface area contributed by atoms with Crippen LogP contribution in [0, 0.1) is 13.8 Å². The SMILES string of the molecule is Cc1ccc(NC(=O)CN(CCN(CCN(CC(=O)O)CC(=O)O)CC(=O)O)CC(=O)O)c(C)c1. The smallest absolute Gasteiger partial charge is 0.317 e. The highest BCUT2D eigenvalue weighted by molar-refractivity contribution is 5.93. The van der Waals surface area contributed by atoms with Crippen molar-refractivity contribution in [2.45, 2.75) is 13.8 Å². The standard InChI is InChI=1S/C22H32N4O9/c1-15-3-4-17(16(2)9-15)23-18(27)10-25(12-20(30)31)7-5-24(11-19(28)29)6-8-26(13-21(32)33)14-22(34)35/h3-4,9H,5-8,10-14H2,1-2H3,(H,23,27)(H,28,29)(H,30,31)(H,32,33)(H,34,35). The van der Waals surface area contributed by atoms with E-state index in [1.54, 1.807) is 6.07 Å². The number of benzene rings is 1. The summed E-state index contributed by atoms with van der Waals surface area (Å²) < 4.78 is 0. The van der Waals surface area contributed by atoms with Crippen LogP contribution in [-0.2, 0) is 24.0 Å². The second-order valence-electron chi connectivity index (χ2n) is 8.14. The highest BCUT2D eigenvalue weighted by Crippen LogP contribution is 2.15. The van der Waals surface area contributed by atoms with Gasteiger partial charge >= 0.3 is 23.9 Å². The maximum atomic E-state index is 12.5. The highest BCUT2D eigenvalue weighted by Gasteiger charge is 2.19. The van der Waals surface area contributed by atoms with Crippen LogP contribution < -0.4 is 5.32 Å². The van der Waals surface area contributed by atoms with Gasteiger partial charge in [-0.3, -0.25) is 38.7 Å². The molecule has 0 aliphatic heterocycles. The summed E-state index contributed by atoms with van der Waals surface area (Å²) in [6.45, 7) is 1.66. The number of carboxylic acids is 4. The van der Waals surface area contributed by atoms with Gasteiger partial charge in [-0.2, -0.15) is 0 Å². The molecule has 0 aromatic heterocycles. The predicted octanol–water partition coefficient (Wildman–Crippen LogP) is -0.514. The number of aryl methyl sites for hydroxylation is 2. The number of nitrogens with zero attached hydrogens (tertiary/aromatic N) is 3. The van der Waals surface area contributed by atoms with E-state index in [0.29, 0.717) is 5.69 Å². The third-order valence-corrected chi connectivity index (χ3v) is 4.92. The Morgan fingerprint density at radius 2 is 1.06 bits per heavy atom. The molecule has 1 rings (SSSR count). The molecule has 0 saturated heterocycles. The van der Waals surface area contributed by atoms with Gasteiger partial charge in [0, 0.05) is 31.9 Å². The lowest BCUT2D eigenvalue weighted by atomic mass is 10.1. The van der Waals surface area contributed by atoms with Gasteiger partial charge in [0.1, 0.15) is 0 Å². The number of carbonyl (C=O) groups is 5. The van der Waals surface area contributed by atoms with Gasteiger partial charge in [0.25, 0.3) is 0 Å². The molecular weight excluding hydrogens is 464 g/mol. The number of carbonyl (C=O) groups excluding carboxylic acids is 1. The molecule has 0 aliphatic carbocycles. The van der Waals surface area contributed by atoms with E-state index in [1.165, 1.54) is 9.80 Å². The fraction of sp³-hybridized carbons (Fsp3) is 0.500. The first kappa shape index (κ1) is 29.5. The van der Waals surface area contributed by atoms with Gasteiger partial charge in [-0.15, -0.1) is 0 Å². The van der Waals surface area contributed by atoms with Crippen LogP contribution in [-0.4, -0.2) is 124 Å². The second-order valence-corrected chi connectivity index (χ2v) is 8.14. The van der Waals surface area contributed by atoms with Crippen LogP contribution in [0.4, 0.5) is 5.69 Å². The molecule has 0 saturated carbocycles. The van der Waals surface area contributed by atoms with E-state index in [0.717, 1.165) is 16.0 Å². The fourth-order valence-electron chi connectivity index (χ4n) is 3.38. The fourth-order valence-corrected chi connectivity index (χ4v) is 3.38. The lowest BCUT2D eigenvalue weighted by Crippen LogP contribution is -2.46. The van der Waals surface area contributed by atoms with E-state index < -0.39 is 56.0 Å². The zero-order chi connectivity index (χ0) is 26.5. The summed E-state index contributed by atoms with van der Waals surface area (Å²) in [5.41, 5.74) is 2.47. The maximum absolute atomic E-state index is 12.5. The molecule has 35 heavy (non-hydrogen) atoms. The Hall–Kier alpha value is -3.55. The van der Waals surface area contributed by atoms with E-state index in [4.69, 9.17) is 10.2 Å². The van der Waals surface area contributed by atoms with Crippen molar-refractivity contribution in [2.24, 2.45) is 0 Å². The Balaban J connectivity index is 2.79. The number of carboxylic acid groups (broad SMARTS) is 4. The lowest BCUT2D eigenvalue weighted by molar-refractivity contribution is -0.143. The Bertz CT molecular complexity index is 906. The molecule has 1 amide bonds. The van der Waals surface area contributed by atoms with Crippen LogP contribution in [0.1, 0.15) is 11.1 Å². The summed E-state index contributed by atoms with van der Waals surface area (Å²) >= 11 is 0. The Morgan fingerprint density at radius 1 is 0.657 bits per heavy atom. The molecular formula is C22H32N4O9. The summed E-state index contributed by atoms with van der Waals surface area (Å²) in [5.74, 6) is -5.21. The second kappa shape index (κ2) is 14.7. The molecule has 0 atom stereocenters. The minimum atomic E-state index is -1.22. The van der Waals surface area contributed by atoms with Crippen molar-refractivity contribution in [2.75, 3.05) is 64.2 Å². The molecule has 0 spiro atoms. The molecule has 1 aromatic carbocycles. The molecule has 0 fully saturated rings. The lowest BCUT2D eigenvalue weighted by Gasteiger charge is -2.27. The van der Waals surface area contributed by atoms with Crippen molar-refractivity contribution in [1.82, 2.24) is 14.7 Å². The molecule has 1 aromatic rings. The minimum absolute atomic E-state index is 0.0298. The van der Waals surface area contributed by atoms with Crippen molar-refractivity contribution in [3.63, 3.8) is 0 Å². The van der Waals surface area contributed by atoms with Gasteiger partial charge in [-0.1, -0.05) is 17.7 Å². The van der Waals surface area contributed by atoms with Crippen LogP contribution in [0.15, 0.2) is 18.2 Å². The molecule has 0 bridgehead atoms. The quantitative estimate of drug-likeness (QED) is 0.186. The van der Waals surface area contributed by atoms with Crippen molar-refractivity contribution in [1.29, 1.82) is 0 Å². The van der Waals surface area contributed by atoms with E-state index in [2.05, 4.69) is 5.32 Å². The number of anilines is 1. The maximum Gasteiger partial charge on any atom is 0.317 e. The van der Waals surface area contributed by atoms with E-state index in [1.807, 2.05) is 26.0 Å². The Morgan fingerprint density at radius 3 is 1.49 bits per heavy atom. The van der Waals surface area contributed by atoms with Crippen molar-refractivity contribution < 1.29 is 44.4 Å². The van der Waals surface area contributed by atoms with Gasteiger partial charge in [0.05, 0.1) is 32.7 Å². The molecule has 194 valence electrons. The van der Waals surface area contributed by atoms with Crippen molar-refractivity contribution in [3.8, 4) is 0 Å².